The molecule has 0 amide bonds. The molecule has 0 saturated heterocycles. The van der Waals surface area contributed by atoms with Crippen molar-refractivity contribution in [3.05, 3.63) is 58.2 Å². The van der Waals surface area contributed by atoms with Crippen molar-refractivity contribution in [3.63, 3.8) is 0 Å². The molecule has 0 fully saturated rings. The third-order valence-electron chi connectivity index (χ3n) is 3.36. The maximum atomic E-state index is 4.42. The van der Waals surface area contributed by atoms with Crippen LogP contribution in [0.25, 0.3) is 0 Å². The van der Waals surface area contributed by atoms with E-state index < -0.39 is 0 Å². The Morgan fingerprint density at radius 1 is 1.26 bits per heavy atom. The molecule has 0 aliphatic carbocycles. The predicted octanol–water partition coefficient (Wildman–Crippen LogP) is 2.97. The van der Waals surface area contributed by atoms with Gasteiger partial charge in [-0.1, -0.05) is 30.3 Å². The number of halogens is 1. The van der Waals surface area contributed by atoms with E-state index in [1.807, 2.05) is 6.20 Å². The highest BCUT2D eigenvalue weighted by molar-refractivity contribution is 9.10. The molecule has 98 valence electrons. The SMILES string of the molecule is Brc1cnc2c(c1)CNC(Cc1ccccc1)CN2. The molecule has 4 heteroatoms. The van der Waals surface area contributed by atoms with Crippen LogP contribution >= 0.6 is 15.9 Å². The van der Waals surface area contributed by atoms with Crippen LogP contribution in [-0.4, -0.2) is 17.6 Å². The first-order valence-electron chi connectivity index (χ1n) is 6.47. The number of hydrogen-bond donors (Lipinski definition) is 2. The Hall–Kier alpha value is -1.39. The van der Waals surface area contributed by atoms with Crippen molar-refractivity contribution in [1.82, 2.24) is 10.3 Å². The van der Waals surface area contributed by atoms with Gasteiger partial charge in [-0.15, -0.1) is 0 Å². The van der Waals surface area contributed by atoms with E-state index in [0.717, 1.165) is 29.8 Å². The molecule has 0 bridgehead atoms. The summed E-state index contributed by atoms with van der Waals surface area (Å²) in [6.45, 7) is 1.75. The molecule has 19 heavy (non-hydrogen) atoms. The number of pyridine rings is 1. The molecule has 1 unspecified atom stereocenters. The zero-order chi connectivity index (χ0) is 13.1. The molecule has 1 aliphatic rings. The molecule has 3 rings (SSSR count). The first kappa shape index (κ1) is 12.6. The van der Waals surface area contributed by atoms with E-state index in [1.54, 1.807) is 0 Å². The average molecular weight is 318 g/mol. The minimum atomic E-state index is 0.426. The monoisotopic (exact) mass is 317 g/mol. The highest BCUT2D eigenvalue weighted by Gasteiger charge is 2.16. The normalized spacial score (nSPS) is 18.3. The number of nitrogens with zero attached hydrogens (tertiary/aromatic N) is 1. The van der Waals surface area contributed by atoms with Gasteiger partial charge in [0.1, 0.15) is 5.82 Å². The van der Waals surface area contributed by atoms with E-state index in [2.05, 4.69) is 67.9 Å². The lowest BCUT2D eigenvalue weighted by molar-refractivity contribution is 0.537. The molecular weight excluding hydrogens is 302 g/mol. The largest absolute Gasteiger partial charge is 0.368 e. The van der Waals surface area contributed by atoms with Gasteiger partial charge in [0, 0.05) is 35.4 Å². The van der Waals surface area contributed by atoms with E-state index >= 15 is 0 Å². The topological polar surface area (TPSA) is 37.0 Å². The molecule has 0 spiro atoms. The van der Waals surface area contributed by atoms with Crippen LogP contribution in [0.5, 0.6) is 0 Å². The fraction of sp³-hybridized carbons (Fsp3) is 0.267. The summed E-state index contributed by atoms with van der Waals surface area (Å²) in [5, 5.41) is 7.02. The Balaban J connectivity index is 1.70. The summed E-state index contributed by atoms with van der Waals surface area (Å²) in [4.78, 5) is 4.42. The first-order chi connectivity index (χ1) is 9.31. The second-order valence-electron chi connectivity index (χ2n) is 4.81. The summed E-state index contributed by atoms with van der Waals surface area (Å²) in [6, 6.07) is 13.1. The highest BCUT2D eigenvalue weighted by atomic mass is 79.9. The summed E-state index contributed by atoms with van der Waals surface area (Å²) in [7, 11) is 0. The molecular formula is C15H16BrN3. The van der Waals surface area contributed by atoms with Crippen molar-refractivity contribution < 1.29 is 0 Å². The second-order valence-corrected chi connectivity index (χ2v) is 5.73. The van der Waals surface area contributed by atoms with Gasteiger partial charge in [0.25, 0.3) is 0 Å². The Morgan fingerprint density at radius 3 is 2.95 bits per heavy atom. The summed E-state index contributed by atoms with van der Waals surface area (Å²) in [5.74, 6) is 0.992. The zero-order valence-corrected chi connectivity index (χ0v) is 12.2. The van der Waals surface area contributed by atoms with Gasteiger partial charge in [0.2, 0.25) is 0 Å². The van der Waals surface area contributed by atoms with Crippen molar-refractivity contribution in [2.75, 3.05) is 11.9 Å². The molecule has 2 aromatic rings. The molecule has 0 radical (unpaired) electrons. The zero-order valence-electron chi connectivity index (χ0n) is 10.6. The van der Waals surface area contributed by atoms with Gasteiger partial charge in [-0.05, 0) is 34.0 Å². The van der Waals surface area contributed by atoms with Crippen LogP contribution in [0.1, 0.15) is 11.1 Å². The van der Waals surface area contributed by atoms with Crippen molar-refractivity contribution >= 4 is 21.7 Å². The van der Waals surface area contributed by atoms with Crippen molar-refractivity contribution in [3.8, 4) is 0 Å². The molecule has 0 saturated carbocycles. The van der Waals surface area contributed by atoms with Gasteiger partial charge >= 0.3 is 0 Å². The second kappa shape index (κ2) is 5.72. The van der Waals surface area contributed by atoms with Crippen LogP contribution in [0.15, 0.2) is 47.1 Å². The number of anilines is 1. The van der Waals surface area contributed by atoms with E-state index in [0.29, 0.717) is 6.04 Å². The molecule has 2 heterocycles. The number of nitrogens with one attached hydrogen (secondary N) is 2. The predicted molar refractivity (Wildman–Crippen MR) is 81.2 cm³/mol. The Morgan fingerprint density at radius 2 is 2.11 bits per heavy atom. The quantitative estimate of drug-likeness (QED) is 0.894. The van der Waals surface area contributed by atoms with Crippen molar-refractivity contribution in [1.29, 1.82) is 0 Å². The van der Waals surface area contributed by atoms with Gasteiger partial charge < -0.3 is 10.6 Å². The smallest absolute Gasteiger partial charge is 0.130 e. The van der Waals surface area contributed by atoms with E-state index in [-0.39, 0.29) is 0 Å². The molecule has 3 nitrogen and oxygen atoms in total. The molecule has 1 aromatic heterocycles. The Bertz CT molecular complexity index is 557. The summed E-state index contributed by atoms with van der Waals surface area (Å²) >= 11 is 3.47. The molecule has 2 N–H and O–H groups in total. The molecule has 1 aromatic carbocycles. The van der Waals surface area contributed by atoms with Crippen LogP contribution in [0.2, 0.25) is 0 Å². The van der Waals surface area contributed by atoms with Gasteiger partial charge in [-0.2, -0.15) is 0 Å². The van der Waals surface area contributed by atoms with Crippen LogP contribution in [0.3, 0.4) is 0 Å². The number of hydrogen-bond acceptors (Lipinski definition) is 3. The van der Waals surface area contributed by atoms with Gasteiger partial charge in [0.15, 0.2) is 0 Å². The Labute approximate surface area is 121 Å². The minimum absolute atomic E-state index is 0.426. The van der Waals surface area contributed by atoms with E-state index in [9.17, 15) is 0 Å². The third-order valence-corrected chi connectivity index (χ3v) is 3.79. The van der Waals surface area contributed by atoms with E-state index in [1.165, 1.54) is 11.1 Å². The lowest BCUT2D eigenvalue weighted by atomic mass is 10.1. The standard InChI is InChI=1S/C15H16BrN3/c16-13-7-12-8-17-14(10-19-15(12)18-9-13)6-11-4-2-1-3-5-11/h1-5,7,9,14,17H,6,8,10H2,(H,18,19). The summed E-state index contributed by atoms with van der Waals surface area (Å²) in [5.41, 5.74) is 2.58. The minimum Gasteiger partial charge on any atom is -0.368 e. The van der Waals surface area contributed by atoms with Crippen LogP contribution in [0, 0.1) is 0 Å². The lowest BCUT2D eigenvalue weighted by Crippen LogP contribution is -2.34. The Kier molecular flexibility index (Phi) is 3.80. The fourth-order valence-corrected chi connectivity index (χ4v) is 2.74. The van der Waals surface area contributed by atoms with Crippen LogP contribution < -0.4 is 10.6 Å². The molecule has 1 aliphatic heterocycles. The van der Waals surface area contributed by atoms with Gasteiger partial charge in [0.05, 0.1) is 0 Å². The molecule has 1 atom stereocenters. The van der Waals surface area contributed by atoms with Crippen molar-refractivity contribution in [2.45, 2.75) is 19.0 Å². The van der Waals surface area contributed by atoms with Gasteiger partial charge in [-0.25, -0.2) is 4.98 Å². The number of rotatable bonds is 2. The maximum absolute atomic E-state index is 4.42. The number of fused-ring (bicyclic) bond motifs is 1. The van der Waals surface area contributed by atoms with Gasteiger partial charge in [-0.3, -0.25) is 0 Å². The van der Waals surface area contributed by atoms with Crippen LogP contribution in [-0.2, 0) is 13.0 Å². The third kappa shape index (κ3) is 3.14. The summed E-state index contributed by atoms with van der Waals surface area (Å²) in [6.07, 6.45) is 2.87. The fourth-order valence-electron chi connectivity index (χ4n) is 2.36. The maximum Gasteiger partial charge on any atom is 0.130 e. The number of aromatic nitrogens is 1. The lowest BCUT2D eigenvalue weighted by Gasteiger charge is -2.15. The first-order valence-corrected chi connectivity index (χ1v) is 7.26. The van der Waals surface area contributed by atoms with Crippen molar-refractivity contribution in [2.24, 2.45) is 0 Å². The summed E-state index contributed by atoms with van der Waals surface area (Å²) < 4.78 is 1.02. The number of benzene rings is 1. The highest BCUT2D eigenvalue weighted by Crippen LogP contribution is 2.20. The van der Waals surface area contributed by atoms with Crippen LogP contribution in [0.4, 0.5) is 5.82 Å². The average Bonchev–Trinajstić information content (AvgIpc) is 2.63. The van der Waals surface area contributed by atoms with E-state index in [4.69, 9.17) is 0 Å².